The van der Waals surface area contributed by atoms with Crippen LogP contribution in [0.25, 0.3) is 21.8 Å². The van der Waals surface area contributed by atoms with Crippen LogP contribution in [0.3, 0.4) is 0 Å². The van der Waals surface area contributed by atoms with Crippen molar-refractivity contribution in [2.45, 2.75) is 90.4 Å². The van der Waals surface area contributed by atoms with Gasteiger partial charge in [-0.15, -0.1) is 0 Å². The van der Waals surface area contributed by atoms with Crippen LogP contribution in [0.5, 0.6) is 0 Å². The topological polar surface area (TPSA) is 108 Å². The highest BCUT2D eigenvalue weighted by Gasteiger charge is 2.60. The van der Waals surface area contributed by atoms with Gasteiger partial charge in [0, 0.05) is 34.3 Å². The van der Waals surface area contributed by atoms with Crippen molar-refractivity contribution in [3.05, 3.63) is 120 Å². The van der Waals surface area contributed by atoms with Gasteiger partial charge in [-0.05, 0) is 99.4 Å². The van der Waals surface area contributed by atoms with Gasteiger partial charge in [0.05, 0.1) is 33.2 Å². The van der Waals surface area contributed by atoms with Gasteiger partial charge >= 0.3 is 0 Å². The molecule has 2 fully saturated rings. The molecule has 284 valence electrons. The standard InChI is InChI=1S/C48H50N6O2/c1-32-19-22-35(23-20-32)49-43-30-41(37-15-4-6-17-39(37)51-43)53-45(55)47(25-8-2-9-26-47)48(27-10-3-11-28-48)46(56)54-42-31-44(52-40-18-7-5-16-38(40)42)50-36-24-21-33-13-12-14-34(33)29-36/h4-7,15-24,29-31H,2-3,8-14,25-28H2,1H3,(H2,49,51,53,55)(H2,50,52,54,56). The van der Waals surface area contributed by atoms with Gasteiger partial charge in [-0.3, -0.25) is 9.59 Å². The molecule has 0 aliphatic heterocycles. The third-order valence-electron chi connectivity index (χ3n) is 12.8. The Morgan fingerprint density at radius 2 is 1.00 bits per heavy atom. The molecule has 8 nitrogen and oxygen atoms in total. The number of carbonyl (C=O) groups is 2. The van der Waals surface area contributed by atoms with Crippen molar-refractivity contribution in [1.29, 1.82) is 0 Å². The maximum absolute atomic E-state index is 15.3. The van der Waals surface area contributed by atoms with E-state index in [-0.39, 0.29) is 11.8 Å². The Bertz CT molecular complexity index is 2430. The first-order valence-corrected chi connectivity index (χ1v) is 20.5. The number of hydrogen-bond donors (Lipinski definition) is 4. The Balaban J connectivity index is 1.07. The maximum atomic E-state index is 15.3. The number of carbonyl (C=O) groups excluding carboxylic acids is 2. The zero-order chi connectivity index (χ0) is 38.1. The molecule has 3 aliphatic carbocycles. The molecule has 2 amide bonds. The van der Waals surface area contributed by atoms with E-state index in [9.17, 15) is 0 Å². The number of fused-ring (bicyclic) bond motifs is 3. The summed E-state index contributed by atoms with van der Waals surface area (Å²) >= 11 is 0. The lowest BCUT2D eigenvalue weighted by molar-refractivity contribution is -0.153. The number of aryl methyl sites for hydroxylation is 3. The van der Waals surface area contributed by atoms with Gasteiger partial charge in [-0.2, -0.15) is 0 Å². The van der Waals surface area contributed by atoms with E-state index >= 15 is 9.59 Å². The number of para-hydroxylation sites is 2. The predicted octanol–water partition coefficient (Wildman–Crippen LogP) is 11.5. The van der Waals surface area contributed by atoms with Crippen molar-refractivity contribution in [2.24, 2.45) is 10.8 Å². The minimum Gasteiger partial charge on any atom is -0.340 e. The highest BCUT2D eigenvalue weighted by atomic mass is 16.2. The van der Waals surface area contributed by atoms with Crippen molar-refractivity contribution in [2.75, 3.05) is 21.3 Å². The van der Waals surface area contributed by atoms with E-state index in [1.807, 2.05) is 72.8 Å². The van der Waals surface area contributed by atoms with Gasteiger partial charge in [-0.1, -0.05) is 98.7 Å². The van der Waals surface area contributed by atoms with E-state index in [2.05, 4.69) is 58.5 Å². The molecule has 2 saturated carbocycles. The molecule has 0 bridgehead atoms. The van der Waals surface area contributed by atoms with Crippen LogP contribution in [-0.2, 0) is 22.4 Å². The Labute approximate surface area is 328 Å². The maximum Gasteiger partial charge on any atom is 0.231 e. The quantitative estimate of drug-likeness (QED) is 0.117. The number of nitrogens with zero attached hydrogens (tertiary/aromatic N) is 2. The van der Waals surface area contributed by atoms with Crippen LogP contribution in [0, 0.1) is 17.8 Å². The molecule has 9 rings (SSSR count). The van der Waals surface area contributed by atoms with Gasteiger partial charge in [0.1, 0.15) is 11.6 Å². The lowest BCUT2D eigenvalue weighted by Crippen LogP contribution is -2.57. The van der Waals surface area contributed by atoms with E-state index in [1.165, 1.54) is 23.1 Å². The number of pyridine rings is 2. The summed E-state index contributed by atoms with van der Waals surface area (Å²) in [5.41, 5.74) is 7.16. The van der Waals surface area contributed by atoms with Crippen LogP contribution in [0.1, 0.15) is 87.3 Å². The molecule has 0 atom stereocenters. The summed E-state index contributed by atoms with van der Waals surface area (Å²) in [5.74, 6) is 1.21. The first kappa shape index (κ1) is 35.9. The number of hydrogen-bond acceptors (Lipinski definition) is 6. The van der Waals surface area contributed by atoms with Gasteiger partial charge in [-0.25, -0.2) is 9.97 Å². The van der Waals surface area contributed by atoms with Crippen molar-refractivity contribution < 1.29 is 9.59 Å². The van der Waals surface area contributed by atoms with Crippen LogP contribution in [0.2, 0.25) is 0 Å². The summed E-state index contributed by atoms with van der Waals surface area (Å²) in [7, 11) is 0. The molecule has 3 aliphatic rings. The fourth-order valence-corrected chi connectivity index (χ4v) is 9.91. The lowest BCUT2D eigenvalue weighted by atomic mass is 9.51. The van der Waals surface area contributed by atoms with E-state index in [0.29, 0.717) is 48.7 Å². The molecular formula is C48H50N6O2. The van der Waals surface area contributed by atoms with E-state index in [4.69, 9.17) is 9.97 Å². The molecular weight excluding hydrogens is 693 g/mol. The minimum absolute atomic E-state index is 0.0598. The number of amides is 2. The molecule has 0 radical (unpaired) electrons. The van der Waals surface area contributed by atoms with Crippen LogP contribution >= 0.6 is 0 Å². The largest absolute Gasteiger partial charge is 0.340 e. The monoisotopic (exact) mass is 742 g/mol. The lowest BCUT2D eigenvalue weighted by Gasteiger charge is -2.52. The molecule has 0 unspecified atom stereocenters. The third kappa shape index (κ3) is 6.76. The summed E-state index contributed by atoms with van der Waals surface area (Å²) in [6.45, 7) is 2.07. The number of nitrogens with one attached hydrogen (secondary N) is 4. The number of anilines is 6. The molecule has 4 N–H and O–H groups in total. The number of benzene rings is 4. The zero-order valence-corrected chi connectivity index (χ0v) is 32.2. The molecule has 2 aromatic heterocycles. The second-order valence-electron chi connectivity index (χ2n) is 16.3. The summed E-state index contributed by atoms with van der Waals surface area (Å²) in [5, 5.41) is 15.6. The normalized spacial score (nSPS) is 17.2. The van der Waals surface area contributed by atoms with Crippen molar-refractivity contribution in [3.63, 3.8) is 0 Å². The Kier molecular flexibility index (Phi) is 9.66. The predicted molar refractivity (Wildman–Crippen MR) is 228 cm³/mol. The fraction of sp³-hybridized carbons (Fsp3) is 0.333. The van der Waals surface area contributed by atoms with Gasteiger partial charge in [0.15, 0.2) is 0 Å². The highest BCUT2D eigenvalue weighted by Crippen LogP contribution is 2.58. The zero-order valence-electron chi connectivity index (χ0n) is 32.2. The second-order valence-corrected chi connectivity index (χ2v) is 16.3. The molecule has 0 saturated heterocycles. The highest BCUT2D eigenvalue weighted by molar-refractivity contribution is 6.10. The smallest absolute Gasteiger partial charge is 0.231 e. The first-order valence-electron chi connectivity index (χ1n) is 20.5. The van der Waals surface area contributed by atoms with E-state index in [1.54, 1.807) is 0 Å². The molecule has 2 heterocycles. The second kappa shape index (κ2) is 15.1. The van der Waals surface area contributed by atoms with Crippen molar-refractivity contribution >= 4 is 68.0 Å². The first-order chi connectivity index (χ1) is 27.4. The van der Waals surface area contributed by atoms with Crippen molar-refractivity contribution in [3.8, 4) is 0 Å². The number of rotatable bonds is 9. The van der Waals surface area contributed by atoms with Gasteiger partial charge < -0.3 is 21.3 Å². The summed E-state index contributed by atoms with van der Waals surface area (Å²) in [6, 6.07) is 34.6. The Morgan fingerprint density at radius 1 is 0.518 bits per heavy atom. The van der Waals surface area contributed by atoms with Gasteiger partial charge in [0.25, 0.3) is 0 Å². The van der Waals surface area contributed by atoms with Crippen LogP contribution in [0.15, 0.2) is 103 Å². The average Bonchev–Trinajstić information content (AvgIpc) is 3.70. The number of aromatic nitrogens is 2. The van der Waals surface area contributed by atoms with Crippen LogP contribution < -0.4 is 21.3 Å². The average molecular weight is 743 g/mol. The Morgan fingerprint density at radius 3 is 1.55 bits per heavy atom. The van der Waals surface area contributed by atoms with Crippen LogP contribution in [-0.4, -0.2) is 21.8 Å². The summed E-state index contributed by atoms with van der Waals surface area (Å²) < 4.78 is 0. The molecule has 8 heteroatoms. The van der Waals surface area contributed by atoms with Gasteiger partial charge in [0.2, 0.25) is 11.8 Å². The SMILES string of the molecule is Cc1ccc(Nc2cc(NC(=O)C3(C4(C(=O)Nc5cc(Nc6ccc7c(c6)CCC7)nc6ccccc56)CCCCC4)CCCCC3)c3ccccc3n2)cc1. The van der Waals surface area contributed by atoms with E-state index < -0.39 is 10.8 Å². The summed E-state index contributed by atoms with van der Waals surface area (Å²) in [6.07, 6.45) is 11.9. The molecule has 6 aromatic rings. The molecule has 4 aromatic carbocycles. The van der Waals surface area contributed by atoms with E-state index in [0.717, 1.165) is 84.5 Å². The molecule has 56 heavy (non-hydrogen) atoms. The van der Waals surface area contributed by atoms with Crippen LogP contribution in [0.4, 0.5) is 34.4 Å². The minimum atomic E-state index is -0.876. The molecule has 0 spiro atoms. The fourth-order valence-electron chi connectivity index (χ4n) is 9.91. The third-order valence-corrected chi connectivity index (χ3v) is 12.8. The summed E-state index contributed by atoms with van der Waals surface area (Å²) in [4.78, 5) is 40.5. The Hall–Kier alpha value is -5.76. The van der Waals surface area contributed by atoms with Crippen molar-refractivity contribution in [1.82, 2.24) is 9.97 Å².